The standard InChI is InChI=1S/C37H63NO4Si2/c1-13-17-20-30-29(11)33(39)36(12,34(30)41-44(26(5)6,27(7)8)28(9)10)25-38-32-22-19-18-21-31(32)37(23-24-40-35(37)38)42-43(14-2,15-3)16-4/h18-19,21-22,26-28,34-35H,13-17,20,23-25H2,1-12H3/t34-,35-,36-,37-/m1/s1. The molecule has 4 rings (SSSR count). The molecule has 1 aliphatic carbocycles. The van der Waals surface area contributed by atoms with Crippen LogP contribution in [0.15, 0.2) is 35.4 Å². The van der Waals surface area contributed by atoms with E-state index in [-0.39, 0.29) is 18.1 Å². The number of hydrogen-bond donors (Lipinski definition) is 0. The molecule has 3 aliphatic rings. The van der Waals surface area contributed by atoms with Gasteiger partial charge in [0.25, 0.3) is 0 Å². The summed E-state index contributed by atoms with van der Waals surface area (Å²) in [4.78, 5) is 17.0. The van der Waals surface area contributed by atoms with Crippen molar-refractivity contribution in [3.63, 3.8) is 0 Å². The first kappa shape index (κ1) is 35.6. The highest BCUT2D eigenvalue weighted by Crippen LogP contribution is 2.57. The van der Waals surface area contributed by atoms with Crippen LogP contribution in [0.1, 0.15) is 114 Å². The highest BCUT2D eigenvalue weighted by molar-refractivity contribution is 6.77. The van der Waals surface area contributed by atoms with Crippen LogP contribution in [-0.4, -0.2) is 47.9 Å². The van der Waals surface area contributed by atoms with Gasteiger partial charge in [-0.2, -0.15) is 0 Å². The van der Waals surface area contributed by atoms with Crippen molar-refractivity contribution in [1.29, 1.82) is 0 Å². The number of hydrogen-bond acceptors (Lipinski definition) is 5. The predicted molar refractivity (Wildman–Crippen MR) is 189 cm³/mol. The Morgan fingerprint density at radius 3 is 2.11 bits per heavy atom. The molecule has 0 saturated carbocycles. The van der Waals surface area contributed by atoms with Crippen molar-refractivity contribution in [3.05, 3.63) is 41.0 Å². The molecule has 1 aromatic carbocycles. The Hall–Kier alpha value is -1.26. The van der Waals surface area contributed by atoms with Crippen molar-refractivity contribution in [3.8, 4) is 0 Å². The van der Waals surface area contributed by atoms with E-state index in [1.165, 1.54) is 11.1 Å². The van der Waals surface area contributed by atoms with Gasteiger partial charge in [-0.3, -0.25) is 4.79 Å². The second-order valence-electron chi connectivity index (χ2n) is 15.2. The van der Waals surface area contributed by atoms with Crippen LogP contribution < -0.4 is 4.90 Å². The molecule has 248 valence electrons. The Balaban J connectivity index is 1.83. The normalized spacial score (nSPS) is 27.4. The summed E-state index contributed by atoms with van der Waals surface area (Å²) in [6.45, 7) is 28.8. The van der Waals surface area contributed by atoms with Gasteiger partial charge in [-0.15, -0.1) is 0 Å². The minimum Gasteiger partial charge on any atom is -0.408 e. The third-order valence-electron chi connectivity index (χ3n) is 12.0. The molecule has 1 aromatic rings. The first-order chi connectivity index (χ1) is 20.7. The Morgan fingerprint density at radius 1 is 0.977 bits per heavy atom. The SMILES string of the molecule is CCCCC1=C(C)C(=O)[C@@](C)(CN2c3ccccc3[C@]3(O[Si](CC)(CC)CC)CCO[C@@H]23)[C@@H]1O[Si](C(C)C)(C(C)C)C(C)C. The van der Waals surface area contributed by atoms with E-state index in [1.54, 1.807) is 0 Å². The number of anilines is 1. The molecule has 4 atom stereocenters. The maximum atomic E-state index is 14.6. The topological polar surface area (TPSA) is 48.0 Å². The van der Waals surface area contributed by atoms with Crippen LogP contribution in [0.4, 0.5) is 5.69 Å². The summed E-state index contributed by atoms with van der Waals surface area (Å²) >= 11 is 0. The number of Topliss-reactive ketones (excluding diaryl/α,β-unsaturated/α-hetero) is 1. The number of para-hydroxylation sites is 1. The van der Waals surface area contributed by atoms with Gasteiger partial charge in [0, 0.05) is 24.2 Å². The van der Waals surface area contributed by atoms with E-state index in [0.717, 1.165) is 55.1 Å². The Morgan fingerprint density at radius 2 is 1.57 bits per heavy atom. The summed E-state index contributed by atoms with van der Waals surface area (Å²) in [7, 11) is -4.27. The van der Waals surface area contributed by atoms with Crippen molar-refractivity contribution in [1.82, 2.24) is 0 Å². The van der Waals surface area contributed by atoms with Crippen molar-refractivity contribution in [2.75, 3.05) is 18.1 Å². The molecule has 2 heterocycles. The number of carbonyl (C=O) groups excluding carboxylic acids is 1. The number of carbonyl (C=O) groups is 1. The smallest absolute Gasteiger partial charge is 0.201 e. The summed E-state index contributed by atoms with van der Waals surface area (Å²) in [5.41, 5.74) is 4.71. The molecule has 0 aromatic heterocycles. The lowest BCUT2D eigenvalue weighted by Gasteiger charge is -2.48. The minimum atomic E-state index is -2.29. The van der Waals surface area contributed by atoms with Crippen LogP contribution >= 0.6 is 0 Å². The van der Waals surface area contributed by atoms with Crippen molar-refractivity contribution < 1.29 is 18.4 Å². The van der Waals surface area contributed by atoms with E-state index in [1.807, 2.05) is 0 Å². The van der Waals surface area contributed by atoms with Gasteiger partial charge >= 0.3 is 0 Å². The van der Waals surface area contributed by atoms with Crippen LogP contribution in [0.5, 0.6) is 0 Å². The number of allylic oxidation sites excluding steroid dienone is 1. The van der Waals surface area contributed by atoms with Gasteiger partial charge in [0.1, 0.15) is 5.60 Å². The quantitative estimate of drug-likeness (QED) is 0.178. The van der Waals surface area contributed by atoms with E-state index >= 15 is 0 Å². The van der Waals surface area contributed by atoms with E-state index in [9.17, 15) is 4.79 Å². The maximum absolute atomic E-state index is 14.6. The summed E-state index contributed by atoms with van der Waals surface area (Å²) in [5, 5.41) is 0. The van der Waals surface area contributed by atoms with Gasteiger partial charge in [0.15, 0.2) is 20.3 Å². The zero-order valence-electron chi connectivity index (χ0n) is 30.1. The highest BCUT2D eigenvalue weighted by Gasteiger charge is 2.62. The molecule has 0 bridgehead atoms. The largest absolute Gasteiger partial charge is 0.408 e. The monoisotopic (exact) mass is 641 g/mol. The lowest BCUT2D eigenvalue weighted by molar-refractivity contribution is -0.126. The molecule has 0 amide bonds. The number of ketones is 1. The van der Waals surface area contributed by atoms with Crippen LogP contribution in [-0.2, 0) is 24.0 Å². The summed E-state index contributed by atoms with van der Waals surface area (Å²) in [5.74, 6) is 0.251. The Bertz CT molecular complexity index is 1180. The third-order valence-corrected chi connectivity index (χ3v) is 22.7. The van der Waals surface area contributed by atoms with E-state index in [4.69, 9.17) is 13.6 Å². The molecule has 7 heteroatoms. The molecule has 0 radical (unpaired) electrons. The van der Waals surface area contributed by atoms with Gasteiger partial charge in [0.05, 0.1) is 18.1 Å². The summed E-state index contributed by atoms with van der Waals surface area (Å²) in [6, 6.07) is 12.0. The van der Waals surface area contributed by atoms with Crippen molar-refractivity contribution in [2.24, 2.45) is 5.41 Å². The highest BCUT2D eigenvalue weighted by atomic mass is 28.4. The van der Waals surface area contributed by atoms with Gasteiger partial charge in [-0.25, -0.2) is 0 Å². The predicted octanol–water partition coefficient (Wildman–Crippen LogP) is 10.1. The fourth-order valence-corrected chi connectivity index (χ4v) is 18.0. The van der Waals surface area contributed by atoms with Crippen LogP contribution in [0.25, 0.3) is 0 Å². The van der Waals surface area contributed by atoms with Gasteiger partial charge < -0.3 is 18.5 Å². The number of benzene rings is 1. The molecule has 2 aliphatic heterocycles. The zero-order valence-corrected chi connectivity index (χ0v) is 32.1. The number of fused-ring (bicyclic) bond motifs is 3. The first-order valence-corrected chi connectivity index (χ1v) is 22.5. The van der Waals surface area contributed by atoms with Gasteiger partial charge in [-0.05, 0) is 78.7 Å². The summed E-state index contributed by atoms with van der Waals surface area (Å²) < 4.78 is 21.9. The lowest BCUT2D eigenvalue weighted by Crippen LogP contribution is -2.58. The number of unbranched alkanes of at least 4 members (excludes halogenated alkanes) is 1. The maximum Gasteiger partial charge on any atom is 0.201 e. The lowest BCUT2D eigenvalue weighted by atomic mass is 9.81. The fourth-order valence-electron chi connectivity index (χ4n) is 9.36. The molecular weight excluding hydrogens is 579 g/mol. The molecule has 1 fully saturated rings. The van der Waals surface area contributed by atoms with Crippen LogP contribution in [0.2, 0.25) is 34.8 Å². The van der Waals surface area contributed by atoms with Crippen LogP contribution in [0, 0.1) is 5.41 Å². The molecule has 44 heavy (non-hydrogen) atoms. The molecule has 0 spiro atoms. The van der Waals surface area contributed by atoms with Crippen LogP contribution in [0.3, 0.4) is 0 Å². The molecule has 0 N–H and O–H groups in total. The molecule has 5 nitrogen and oxygen atoms in total. The van der Waals surface area contributed by atoms with Gasteiger partial charge in [-0.1, -0.05) is 93.9 Å². The van der Waals surface area contributed by atoms with Gasteiger partial charge in [0.2, 0.25) is 8.32 Å². The molecule has 1 saturated heterocycles. The fraction of sp³-hybridized carbons (Fsp3) is 0.757. The molecular formula is C37H63NO4Si2. The first-order valence-electron chi connectivity index (χ1n) is 17.8. The van der Waals surface area contributed by atoms with Crippen molar-refractivity contribution >= 4 is 28.1 Å². The van der Waals surface area contributed by atoms with E-state index in [0.29, 0.717) is 29.8 Å². The number of ether oxygens (including phenoxy) is 1. The third kappa shape index (κ3) is 5.54. The second kappa shape index (κ2) is 13.5. The average molecular weight is 642 g/mol. The van der Waals surface area contributed by atoms with E-state index in [2.05, 4.69) is 112 Å². The Labute approximate surface area is 271 Å². The average Bonchev–Trinajstić information content (AvgIpc) is 3.57. The number of rotatable bonds is 15. The second-order valence-corrected chi connectivity index (χ2v) is 25.3. The van der Waals surface area contributed by atoms with E-state index < -0.39 is 27.7 Å². The summed E-state index contributed by atoms with van der Waals surface area (Å²) in [6.07, 6.45) is 3.50. The van der Waals surface area contributed by atoms with Crippen molar-refractivity contribution in [2.45, 2.75) is 161 Å². The zero-order chi connectivity index (χ0) is 32.7. The molecule has 0 unspecified atom stereocenters. The Kier molecular flexibility index (Phi) is 10.9. The number of nitrogens with zero attached hydrogens (tertiary/aromatic N) is 1. The minimum absolute atomic E-state index is 0.222.